The van der Waals surface area contributed by atoms with Gasteiger partial charge >= 0.3 is 5.97 Å². The van der Waals surface area contributed by atoms with Crippen LogP contribution >= 0.6 is 23.2 Å². The molecule has 2 rings (SSSR count). The number of nitrogens with one attached hydrogen (secondary N) is 1. The molecule has 0 aromatic heterocycles. The lowest BCUT2D eigenvalue weighted by atomic mass is 9.97. The average molecular weight is 345 g/mol. The highest BCUT2D eigenvalue weighted by atomic mass is 35.5. The Morgan fingerprint density at radius 1 is 1.27 bits per heavy atom. The van der Waals surface area contributed by atoms with Gasteiger partial charge in [0.15, 0.2) is 0 Å². The molecule has 0 spiro atoms. The normalized spacial score (nSPS) is 16.3. The van der Waals surface area contributed by atoms with Gasteiger partial charge < -0.3 is 10.1 Å². The predicted molar refractivity (Wildman–Crippen MR) is 86.3 cm³/mol. The van der Waals surface area contributed by atoms with Crippen molar-refractivity contribution in [2.45, 2.75) is 12.8 Å². The van der Waals surface area contributed by atoms with Crippen molar-refractivity contribution in [1.29, 1.82) is 0 Å². The summed E-state index contributed by atoms with van der Waals surface area (Å²) >= 11 is 12.0. The molecule has 1 N–H and O–H groups in total. The van der Waals surface area contributed by atoms with Gasteiger partial charge in [-0.25, -0.2) is 0 Å². The molecule has 1 aliphatic rings. The van der Waals surface area contributed by atoms with Crippen molar-refractivity contribution in [3.63, 3.8) is 0 Å². The highest BCUT2D eigenvalue weighted by molar-refractivity contribution is 6.39. The monoisotopic (exact) mass is 344 g/mol. The third-order valence-corrected chi connectivity index (χ3v) is 4.35. The SMILES string of the molecule is COC(=O)C1CCN(CC(=O)Nc2c(Cl)cccc2Cl)CC1. The van der Waals surface area contributed by atoms with Crippen LogP contribution in [0.15, 0.2) is 18.2 Å². The fourth-order valence-electron chi connectivity index (χ4n) is 2.49. The number of rotatable bonds is 4. The molecule has 0 atom stereocenters. The van der Waals surface area contributed by atoms with Crippen molar-refractivity contribution in [3.05, 3.63) is 28.2 Å². The van der Waals surface area contributed by atoms with E-state index < -0.39 is 0 Å². The van der Waals surface area contributed by atoms with Gasteiger partial charge in [0.2, 0.25) is 5.91 Å². The topological polar surface area (TPSA) is 58.6 Å². The van der Waals surface area contributed by atoms with Gasteiger partial charge in [-0.15, -0.1) is 0 Å². The van der Waals surface area contributed by atoms with E-state index in [1.54, 1.807) is 18.2 Å². The Bertz CT molecular complexity index is 537. The van der Waals surface area contributed by atoms with Crippen LogP contribution in [0.3, 0.4) is 0 Å². The lowest BCUT2D eigenvalue weighted by Gasteiger charge is -2.30. The standard InChI is InChI=1S/C15H18Cl2N2O3/c1-22-15(21)10-5-7-19(8-6-10)9-13(20)18-14-11(16)3-2-4-12(14)17/h2-4,10H,5-9H2,1H3,(H,18,20). The second-order valence-electron chi connectivity index (χ2n) is 5.22. The Hall–Kier alpha value is -1.30. The third-order valence-electron chi connectivity index (χ3n) is 3.72. The number of halogens is 2. The summed E-state index contributed by atoms with van der Waals surface area (Å²) in [5, 5.41) is 3.55. The summed E-state index contributed by atoms with van der Waals surface area (Å²) in [6, 6.07) is 5.06. The van der Waals surface area contributed by atoms with E-state index in [4.69, 9.17) is 27.9 Å². The molecule has 0 unspecified atom stereocenters. The van der Waals surface area contributed by atoms with Crippen LogP contribution in [-0.2, 0) is 14.3 Å². The Labute approximate surface area is 139 Å². The number of para-hydroxylation sites is 1. The molecule has 0 bridgehead atoms. The second kappa shape index (κ2) is 7.81. The fourth-order valence-corrected chi connectivity index (χ4v) is 2.98. The lowest BCUT2D eigenvalue weighted by molar-refractivity contribution is -0.147. The van der Waals surface area contributed by atoms with Crippen LogP contribution in [0.5, 0.6) is 0 Å². The molecule has 1 heterocycles. The Morgan fingerprint density at radius 3 is 2.41 bits per heavy atom. The third kappa shape index (κ3) is 4.35. The zero-order valence-electron chi connectivity index (χ0n) is 12.3. The molecule has 7 heteroatoms. The van der Waals surface area contributed by atoms with Crippen molar-refractivity contribution in [1.82, 2.24) is 4.90 Å². The second-order valence-corrected chi connectivity index (χ2v) is 6.03. The van der Waals surface area contributed by atoms with E-state index in [1.165, 1.54) is 7.11 Å². The minimum absolute atomic E-state index is 0.0673. The Kier molecular flexibility index (Phi) is 6.06. The number of esters is 1. The maximum absolute atomic E-state index is 12.1. The van der Waals surface area contributed by atoms with Crippen LogP contribution in [0.1, 0.15) is 12.8 Å². The molecule has 22 heavy (non-hydrogen) atoms. The summed E-state index contributed by atoms with van der Waals surface area (Å²) in [5.74, 6) is -0.416. The number of nitrogens with zero attached hydrogens (tertiary/aromatic N) is 1. The molecule has 0 radical (unpaired) electrons. The summed E-state index contributed by atoms with van der Waals surface area (Å²) in [6.07, 6.45) is 1.40. The number of piperidine rings is 1. The van der Waals surface area contributed by atoms with Gasteiger partial charge in [-0.3, -0.25) is 14.5 Å². The number of anilines is 1. The largest absolute Gasteiger partial charge is 0.469 e. The van der Waals surface area contributed by atoms with E-state index in [9.17, 15) is 9.59 Å². The van der Waals surface area contributed by atoms with E-state index in [2.05, 4.69) is 5.32 Å². The maximum atomic E-state index is 12.1. The predicted octanol–water partition coefficient (Wildman–Crippen LogP) is 2.82. The van der Waals surface area contributed by atoms with Crippen molar-refractivity contribution in [2.75, 3.05) is 32.1 Å². The number of methoxy groups -OCH3 is 1. The summed E-state index contributed by atoms with van der Waals surface area (Å²) in [5.41, 5.74) is 0.431. The lowest BCUT2D eigenvalue weighted by Crippen LogP contribution is -2.41. The molecular formula is C15H18Cl2N2O3. The van der Waals surface area contributed by atoms with Crippen LogP contribution in [0.2, 0.25) is 10.0 Å². The smallest absolute Gasteiger partial charge is 0.308 e. The first kappa shape index (κ1) is 17.1. The summed E-state index contributed by atoms with van der Waals surface area (Å²) < 4.78 is 4.75. The molecule has 1 aliphatic heterocycles. The number of hydrogen-bond donors (Lipinski definition) is 1. The van der Waals surface area contributed by atoms with E-state index in [-0.39, 0.29) is 24.3 Å². The molecule has 0 aliphatic carbocycles. The molecule has 120 valence electrons. The summed E-state index contributed by atoms with van der Waals surface area (Å²) in [4.78, 5) is 25.6. The van der Waals surface area contributed by atoms with E-state index in [0.29, 0.717) is 41.7 Å². The Balaban J connectivity index is 1.85. The molecule has 1 aromatic rings. The minimum Gasteiger partial charge on any atom is -0.469 e. The van der Waals surface area contributed by atoms with Crippen LogP contribution in [0.4, 0.5) is 5.69 Å². The van der Waals surface area contributed by atoms with Gasteiger partial charge in [-0.05, 0) is 38.1 Å². The van der Waals surface area contributed by atoms with E-state index in [1.807, 2.05) is 4.90 Å². The number of hydrogen-bond acceptors (Lipinski definition) is 4. The molecular weight excluding hydrogens is 327 g/mol. The highest BCUT2D eigenvalue weighted by Crippen LogP contribution is 2.29. The van der Waals surface area contributed by atoms with Gasteiger partial charge in [-0.2, -0.15) is 0 Å². The maximum Gasteiger partial charge on any atom is 0.308 e. The van der Waals surface area contributed by atoms with Crippen LogP contribution in [0.25, 0.3) is 0 Å². The first-order valence-electron chi connectivity index (χ1n) is 7.05. The van der Waals surface area contributed by atoms with Crippen LogP contribution in [0, 0.1) is 5.92 Å². The number of benzene rings is 1. The first-order chi connectivity index (χ1) is 10.5. The van der Waals surface area contributed by atoms with Crippen molar-refractivity contribution in [3.8, 4) is 0 Å². The molecule has 5 nitrogen and oxygen atoms in total. The highest BCUT2D eigenvalue weighted by Gasteiger charge is 2.26. The Morgan fingerprint density at radius 2 is 1.86 bits per heavy atom. The fraction of sp³-hybridized carbons (Fsp3) is 0.467. The minimum atomic E-state index is -0.175. The molecule has 1 fully saturated rings. The van der Waals surface area contributed by atoms with Crippen molar-refractivity contribution in [2.24, 2.45) is 5.92 Å². The van der Waals surface area contributed by atoms with Crippen LogP contribution in [-0.4, -0.2) is 43.5 Å². The number of ether oxygens (including phenoxy) is 1. The van der Waals surface area contributed by atoms with Crippen LogP contribution < -0.4 is 5.32 Å². The molecule has 1 amide bonds. The molecule has 0 saturated carbocycles. The van der Waals surface area contributed by atoms with Gasteiger partial charge in [0.25, 0.3) is 0 Å². The first-order valence-corrected chi connectivity index (χ1v) is 7.81. The number of amides is 1. The van der Waals surface area contributed by atoms with Gasteiger partial charge in [-0.1, -0.05) is 29.3 Å². The van der Waals surface area contributed by atoms with Gasteiger partial charge in [0.1, 0.15) is 0 Å². The van der Waals surface area contributed by atoms with E-state index >= 15 is 0 Å². The number of carbonyl (C=O) groups excluding carboxylic acids is 2. The molecule has 1 saturated heterocycles. The quantitative estimate of drug-likeness (QED) is 0.853. The zero-order chi connectivity index (χ0) is 16.1. The van der Waals surface area contributed by atoms with Gasteiger partial charge in [0, 0.05) is 0 Å². The van der Waals surface area contributed by atoms with Gasteiger partial charge in [0.05, 0.1) is 35.3 Å². The number of likely N-dealkylation sites (tertiary alicyclic amines) is 1. The zero-order valence-corrected chi connectivity index (χ0v) is 13.8. The summed E-state index contributed by atoms with van der Waals surface area (Å²) in [7, 11) is 1.40. The average Bonchev–Trinajstić information content (AvgIpc) is 2.51. The van der Waals surface area contributed by atoms with E-state index in [0.717, 1.165) is 0 Å². The van der Waals surface area contributed by atoms with Crippen molar-refractivity contribution >= 4 is 40.8 Å². The number of carbonyl (C=O) groups is 2. The van der Waals surface area contributed by atoms with Crippen molar-refractivity contribution < 1.29 is 14.3 Å². The summed E-state index contributed by atoms with van der Waals surface area (Å²) in [6.45, 7) is 1.61. The molecule has 1 aromatic carbocycles.